The molecule has 53 heavy (non-hydrogen) atoms. The van der Waals surface area contributed by atoms with Gasteiger partial charge in [0, 0.05) is 17.5 Å². The Balaban J connectivity index is 0.000000337. The van der Waals surface area contributed by atoms with Crippen LogP contribution >= 0.6 is 0 Å². The second-order valence-corrected chi connectivity index (χ2v) is 13.9. The number of H-pyrrole nitrogens is 1. The molecule has 2 aromatic heterocycles. The predicted molar refractivity (Wildman–Crippen MR) is 207 cm³/mol. The molecule has 0 aliphatic heterocycles. The molecule has 0 spiro atoms. The van der Waals surface area contributed by atoms with Crippen LogP contribution in [0.3, 0.4) is 0 Å². The molecule has 0 saturated heterocycles. The molecule has 2 heterocycles. The monoisotopic (exact) mass is 714 g/mol. The van der Waals surface area contributed by atoms with Gasteiger partial charge in [0.2, 0.25) is 0 Å². The number of nitrogens with one attached hydrogen (secondary N) is 1. The van der Waals surface area contributed by atoms with Crippen LogP contribution < -0.4 is 16.1 Å². The smallest absolute Gasteiger partial charge is 0.439 e. The highest BCUT2D eigenvalue weighted by atomic mass is 19.1. The Hall–Kier alpha value is -5.57. The molecular weight excluding hydrogens is 668 g/mol. The molecule has 0 unspecified atom stereocenters. The molecule has 1 aliphatic carbocycles. The van der Waals surface area contributed by atoms with Gasteiger partial charge in [0.15, 0.2) is 5.82 Å². The lowest BCUT2D eigenvalue weighted by atomic mass is 9.84. The number of hydrogen-bond acceptors (Lipinski definition) is 6. The molecule has 0 atom stereocenters. The molecule has 6 aromatic rings. The van der Waals surface area contributed by atoms with E-state index in [2.05, 4.69) is 45.0 Å². The van der Waals surface area contributed by atoms with E-state index < -0.39 is 11.6 Å². The molecule has 9 heteroatoms. The first-order valence-corrected chi connectivity index (χ1v) is 18.6. The number of aryl methyl sites for hydroxylation is 2. The van der Waals surface area contributed by atoms with Crippen LogP contribution in [0.4, 0.5) is 4.39 Å². The molecule has 0 bridgehead atoms. The Morgan fingerprint density at radius 3 is 2.25 bits per heavy atom. The summed E-state index contributed by atoms with van der Waals surface area (Å²) in [6.07, 6.45) is 8.66. The Morgan fingerprint density at radius 1 is 0.906 bits per heavy atom. The summed E-state index contributed by atoms with van der Waals surface area (Å²) in [4.78, 5) is 32.7. The van der Waals surface area contributed by atoms with Crippen molar-refractivity contribution < 1.29 is 13.7 Å². The fourth-order valence-electron chi connectivity index (χ4n) is 7.09. The average Bonchev–Trinajstić information content (AvgIpc) is 3.61. The van der Waals surface area contributed by atoms with Crippen molar-refractivity contribution in [3.05, 3.63) is 152 Å². The molecule has 0 radical (unpaired) electrons. The van der Waals surface area contributed by atoms with Gasteiger partial charge in [-0.3, -0.25) is 18.9 Å². The van der Waals surface area contributed by atoms with Gasteiger partial charge < -0.3 is 4.74 Å². The maximum Gasteiger partial charge on any atom is 0.439 e. The zero-order valence-corrected chi connectivity index (χ0v) is 30.9. The highest BCUT2D eigenvalue weighted by Crippen LogP contribution is 2.33. The topological polar surface area (TPSA) is 103 Å². The summed E-state index contributed by atoms with van der Waals surface area (Å²) in [6, 6.07) is 30.4. The number of aromatic nitrogens is 4. The van der Waals surface area contributed by atoms with Crippen LogP contribution in [0.2, 0.25) is 0 Å². The van der Waals surface area contributed by atoms with E-state index in [0.29, 0.717) is 57.2 Å². The van der Waals surface area contributed by atoms with Crippen molar-refractivity contribution in [1.82, 2.24) is 19.7 Å². The van der Waals surface area contributed by atoms with Crippen molar-refractivity contribution in [3.63, 3.8) is 0 Å². The van der Waals surface area contributed by atoms with E-state index >= 15 is 4.39 Å². The van der Waals surface area contributed by atoms with Gasteiger partial charge in [-0.1, -0.05) is 104 Å². The third-order valence-electron chi connectivity index (χ3n) is 9.61. The van der Waals surface area contributed by atoms with Gasteiger partial charge in [-0.05, 0) is 98.5 Å². The van der Waals surface area contributed by atoms with Crippen molar-refractivity contribution in [2.45, 2.75) is 91.1 Å². The SMILES string of the molecule is CCCc1nc(C)n(-c2ccc(OC(C)C)cc2)c(=O)c1Cc1ccc(-c2ccccc2-c2noc(=O)[nH]2)cc1F.c1ccc(C2CCCCC2)cc1. The Labute approximate surface area is 309 Å². The second kappa shape index (κ2) is 17.3. The standard InChI is InChI=1S/C32H31FN4O4.C12H16/c1-5-8-29-27(31(38)37(20(4)34-29)23-13-15-24(16-14-23)40-19(2)3)17-22-12-11-21(18-28(22)33)25-9-6-7-10-26(25)30-35-32(39)41-36-30;1-3-7-11(8-4-1)12-9-5-2-6-10-12/h6-7,9-16,18-19H,5,8,17H2,1-4H3,(H,35,36,39);1,3-4,7-8,12H,2,5-6,9-10H2. The fourth-order valence-corrected chi connectivity index (χ4v) is 7.09. The first-order valence-electron chi connectivity index (χ1n) is 18.6. The molecule has 7 rings (SSSR count). The lowest BCUT2D eigenvalue weighted by Gasteiger charge is -2.21. The first kappa shape index (κ1) is 37.2. The summed E-state index contributed by atoms with van der Waals surface area (Å²) < 4.78 is 27.6. The Kier molecular flexibility index (Phi) is 12.1. The number of hydrogen-bond donors (Lipinski definition) is 1. The zero-order chi connectivity index (χ0) is 37.3. The van der Waals surface area contributed by atoms with Crippen molar-refractivity contribution in [3.8, 4) is 34.0 Å². The molecule has 0 amide bonds. The van der Waals surface area contributed by atoms with Crippen molar-refractivity contribution >= 4 is 0 Å². The third-order valence-corrected chi connectivity index (χ3v) is 9.61. The summed E-state index contributed by atoms with van der Waals surface area (Å²) in [5.41, 5.74) is 5.40. The minimum absolute atomic E-state index is 0.0352. The van der Waals surface area contributed by atoms with Gasteiger partial charge in [-0.25, -0.2) is 14.2 Å². The van der Waals surface area contributed by atoms with Gasteiger partial charge in [0.05, 0.1) is 17.5 Å². The van der Waals surface area contributed by atoms with Crippen molar-refractivity contribution in [2.24, 2.45) is 0 Å². The summed E-state index contributed by atoms with van der Waals surface area (Å²) in [6.45, 7) is 7.73. The molecule has 274 valence electrons. The molecule has 1 N–H and O–H groups in total. The number of benzene rings is 4. The number of ether oxygens (including phenoxy) is 1. The van der Waals surface area contributed by atoms with E-state index in [-0.39, 0.29) is 23.9 Å². The summed E-state index contributed by atoms with van der Waals surface area (Å²) in [5.74, 6) is 1.28. The fraction of sp³-hybridized carbons (Fsp3) is 0.318. The van der Waals surface area contributed by atoms with Crippen LogP contribution in [-0.4, -0.2) is 25.8 Å². The van der Waals surface area contributed by atoms with Gasteiger partial charge in [-0.15, -0.1) is 0 Å². The Bertz CT molecular complexity index is 2230. The Morgan fingerprint density at radius 2 is 1.60 bits per heavy atom. The van der Waals surface area contributed by atoms with Crippen molar-refractivity contribution in [1.29, 1.82) is 0 Å². The normalized spacial score (nSPS) is 13.1. The van der Waals surface area contributed by atoms with Crippen molar-refractivity contribution in [2.75, 3.05) is 0 Å². The van der Waals surface area contributed by atoms with Crippen LogP contribution in [0.1, 0.15) is 93.4 Å². The average molecular weight is 715 g/mol. The van der Waals surface area contributed by atoms with Crippen LogP contribution in [-0.2, 0) is 12.8 Å². The summed E-state index contributed by atoms with van der Waals surface area (Å²) in [5, 5.41) is 3.77. The highest BCUT2D eigenvalue weighted by Gasteiger charge is 2.19. The molecule has 8 nitrogen and oxygen atoms in total. The number of halogens is 1. The quantitative estimate of drug-likeness (QED) is 0.152. The molecule has 1 aliphatic rings. The van der Waals surface area contributed by atoms with Crippen LogP contribution in [0.5, 0.6) is 5.75 Å². The van der Waals surface area contributed by atoms with Crippen LogP contribution in [0.25, 0.3) is 28.2 Å². The number of rotatable bonds is 10. The predicted octanol–water partition coefficient (Wildman–Crippen LogP) is 9.76. The lowest BCUT2D eigenvalue weighted by molar-refractivity contribution is 0.242. The van der Waals surface area contributed by atoms with Gasteiger partial charge >= 0.3 is 5.76 Å². The van der Waals surface area contributed by atoms with Gasteiger partial charge in [0.1, 0.15) is 17.4 Å². The van der Waals surface area contributed by atoms with E-state index in [1.54, 1.807) is 41.3 Å². The van der Waals surface area contributed by atoms with Gasteiger partial charge in [0.25, 0.3) is 5.56 Å². The zero-order valence-electron chi connectivity index (χ0n) is 30.9. The van der Waals surface area contributed by atoms with Gasteiger partial charge in [-0.2, -0.15) is 0 Å². The summed E-state index contributed by atoms with van der Waals surface area (Å²) in [7, 11) is 0. The first-order chi connectivity index (χ1) is 25.7. The summed E-state index contributed by atoms with van der Waals surface area (Å²) >= 11 is 0. The van der Waals surface area contributed by atoms with E-state index in [1.807, 2.05) is 57.2 Å². The largest absolute Gasteiger partial charge is 0.491 e. The van der Waals surface area contributed by atoms with E-state index in [0.717, 1.165) is 12.3 Å². The number of aromatic amines is 1. The highest BCUT2D eigenvalue weighted by molar-refractivity contribution is 5.80. The third kappa shape index (κ3) is 9.09. The van der Waals surface area contributed by atoms with Crippen LogP contribution in [0, 0.1) is 12.7 Å². The molecular formula is C44H47FN4O4. The lowest BCUT2D eigenvalue weighted by Crippen LogP contribution is -2.28. The molecule has 1 fully saturated rings. The maximum atomic E-state index is 15.6. The molecule has 4 aromatic carbocycles. The van der Waals surface area contributed by atoms with E-state index in [4.69, 9.17) is 9.72 Å². The maximum absolute atomic E-state index is 15.6. The molecule has 1 saturated carbocycles. The number of nitrogens with zero attached hydrogens (tertiary/aromatic N) is 3. The van der Waals surface area contributed by atoms with E-state index in [9.17, 15) is 9.59 Å². The van der Waals surface area contributed by atoms with Crippen LogP contribution in [0.15, 0.2) is 111 Å². The minimum atomic E-state index is -0.670. The second-order valence-electron chi connectivity index (χ2n) is 13.9. The van der Waals surface area contributed by atoms with E-state index in [1.165, 1.54) is 38.2 Å². The minimum Gasteiger partial charge on any atom is -0.491 e.